The molecular formula is C19H17F5N2O3S. The molecule has 30 heavy (non-hydrogen) atoms. The molecule has 2 aromatic carbocycles. The topological polar surface area (TPSA) is 66.5 Å². The lowest BCUT2D eigenvalue weighted by Gasteiger charge is -2.33. The molecule has 1 fully saturated rings. The lowest BCUT2D eigenvalue weighted by atomic mass is 9.97. The number of carbonyl (C=O) groups excluding carboxylic acids is 1. The average molecular weight is 448 g/mol. The Morgan fingerprint density at radius 3 is 2.30 bits per heavy atom. The summed E-state index contributed by atoms with van der Waals surface area (Å²) in [6.45, 7) is -0.219. The highest BCUT2D eigenvalue weighted by molar-refractivity contribution is 7.92. The number of halogens is 5. The Bertz CT molecular complexity index is 1040. The van der Waals surface area contributed by atoms with Crippen LogP contribution in [0.25, 0.3) is 0 Å². The van der Waals surface area contributed by atoms with E-state index in [2.05, 4.69) is 4.72 Å². The molecule has 162 valence electrons. The molecule has 2 aromatic rings. The Balaban J connectivity index is 1.71. The van der Waals surface area contributed by atoms with E-state index in [-0.39, 0.29) is 30.6 Å². The van der Waals surface area contributed by atoms with Gasteiger partial charge in [0, 0.05) is 24.3 Å². The fourth-order valence-electron chi connectivity index (χ4n) is 3.15. The van der Waals surface area contributed by atoms with Crippen molar-refractivity contribution in [3.63, 3.8) is 0 Å². The quantitative estimate of drug-likeness (QED) is 0.714. The summed E-state index contributed by atoms with van der Waals surface area (Å²) in [5.41, 5.74) is 0.150. The summed E-state index contributed by atoms with van der Waals surface area (Å²) in [6.07, 6.45) is -4.17. The van der Waals surface area contributed by atoms with Gasteiger partial charge in [0.15, 0.2) is 11.6 Å². The van der Waals surface area contributed by atoms with Crippen molar-refractivity contribution in [3.8, 4) is 0 Å². The van der Waals surface area contributed by atoms with Crippen molar-refractivity contribution in [2.45, 2.75) is 23.9 Å². The van der Waals surface area contributed by atoms with Gasteiger partial charge in [-0.15, -0.1) is 0 Å². The number of amides is 1. The van der Waals surface area contributed by atoms with Gasteiger partial charge in [0.2, 0.25) is 0 Å². The number of piperidine rings is 1. The fourth-order valence-corrected chi connectivity index (χ4v) is 4.22. The molecule has 0 spiro atoms. The lowest BCUT2D eigenvalue weighted by molar-refractivity contribution is -0.184. The van der Waals surface area contributed by atoms with Gasteiger partial charge in [-0.05, 0) is 55.3 Å². The molecule has 1 atom stereocenters. The molecule has 0 bridgehead atoms. The highest BCUT2D eigenvalue weighted by Gasteiger charge is 2.42. The van der Waals surface area contributed by atoms with Gasteiger partial charge in [0.25, 0.3) is 15.9 Å². The van der Waals surface area contributed by atoms with Crippen molar-refractivity contribution in [1.82, 2.24) is 4.90 Å². The van der Waals surface area contributed by atoms with Crippen LogP contribution in [0.1, 0.15) is 23.2 Å². The molecule has 1 amide bonds. The van der Waals surface area contributed by atoms with Crippen molar-refractivity contribution in [2.24, 2.45) is 5.92 Å². The summed E-state index contributed by atoms with van der Waals surface area (Å²) in [5.74, 6) is -4.67. The summed E-state index contributed by atoms with van der Waals surface area (Å²) in [7, 11) is -4.21. The van der Waals surface area contributed by atoms with Crippen LogP contribution in [0.4, 0.5) is 27.6 Å². The zero-order valence-corrected chi connectivity index (χ0v) is 16.2. The number of alkyl halides is 3. The van der Waals surface area contributed by atoms with Crippen molar-refractivity contribution in [2.75, 3.05) is 17.8 Å². The van der Waals surface area contributed by atoms with Crippen molar-refractivity contribution in [1.29, 1.82) is 0 Å². The van der Waals surface area contributed by atoms with Gasteiger partial charge in [-0.1, -0.05) is 0 Å². The summed E-state index contributed by atoms with van der Waals surface area (Å²) >= 11 is 0. The number of nitrogens with zero attached hydrogens (tertiary/aromatic N) is 1. The fraction of sp³-hybridized carbons (Fsp3) is 0.316. The van der Waals surface area contributed by atoms with Gasteiger partial charge in [0.1, 0.15) is 0 Å². The number of hydrogen-bond donors (Lipinski definition) is 1. The number of carbonyl (C=O) groups is 1. The van der Waals surface area contributed by atoms with E-state index in [1.807, 2.05) is 0 Å². The Kier molecular flexibility index (Phi) is 6.02. The highest BCUT2D eigenvalue weighted by atomic mass is 32.2. The summed E-state index contributed by atoms with van der Waals surface area (Å²) in [5, 5.41) is 0. The van der Waals surface area contributed by atoms with E-state index >= 15 is 0 Å². The second-order valence-corrected chi connectivity index (χ2v) is 8.57. The van der Waals surface area contributed by atoms with E-state index in [4.69, 9.17) is 0 Å². The first-order valence-corrected chi connectivity index (χ1v) is 10.4. The summed E-state index contributed by atoms with van der Waals surface area (Å²) < 4.78 is 91.8. The third-order valence-corrected chi connectivity index (χ3v) is 6.14. The maximum Gasteiger partial charge on any atom is 0.393 e. The summed E-state index contributed by atoms with van der Waals surface area (Å²) in [6, 6.07) is 7.19. The first-order chi connectivity index (χ1) is 14.0. The molecule has 1 heterocycles. The zero-order valence-electron chi connectivity index (χ0n) is 15.4. The molecule has 1 aliphatic heterocycles. The Morgan fingerprint density at radius 1 is 1.03 bits per heavy atom. The highest BCUT2D eigenvalue weighted by Crippen LogP contribution is 2.33. The Labute approximate surface area is 169 Å². The normalized spacial score (nSPS) is 17.6. The molecule has 5 nitrogen and oxygen atoms in total. The van der Waals surface area contributed by atoms with E-state index in [1.54, 1.807) is 0 Å². The number of rotatable bonds is 4. The van der Waals surface area contributed by atoms with Crippen LogP contribution in [-0.4, -0.2) is 38.5 Å². The van der Waals surface area contributed by atoms with Gasteiger partial charge in [-0.25, -0.2) is 17.2 Å². The van der Waals surface area contributed by atoms with Crippen molar-refractivity contribution >= 4 is 21.6 Å². The van der Waals surface area contributed by atoms with Gasteiger partial charge < -0.3 is 4.90 Å². The average Bonchev–Trinajstić information content (AvgIpc) is 2.69. The molecule has 11 heteroatoms. The first-order valence-electron chi connectivity index (χ1n) is 8.91. The molecule has 1 unspecified atom stereocenters. The molecule has 3 rings (SSSR count). The number of nitrogens with one attached hydrogen (secondary N) is 1. The van der Waals surface area contributed by atoms with Crippen molar-refractivity contribution in [3.05, 3.63) is 59.7 Å². The summed E-state index contributed by atoms with van der Waals surface area (Å²) in [4.78, 5) is 13.1. The van der Waals surface area contributed by atoms with Crippen LogP contribution in [0.15, 0.2) is 47.4 Å². The predicted molar refractivity (Wildman–Crippen MR) is 98.3 cm³/mol. The second kappa shape index (κ2) is 8.21. The van der Waals surface area contributed by atoms with E-state index in [1.165, 1.54) is 24.3 Å². The van der Waals surface area contributed by atoms with Crippen LogP contribution >= 0.6 is 0 Å². The molecule has 1 N–H and O–H groups in total. The maximum absolute atomic E-state index is 13.3. The number of hydrogen-bond acceptors (Lipinski definition) is 3. The smallest absolute Gasteiger partial charge is 0.338 e. The first kappa shape index (κ1) is 22.0. The third-order valence-electron chi connectivity index (χ3n) is 4.76. The molecule has 0 aliphatic carbocycles. The maximum atomic E-state index is 13.3. The predicted octanol–water partition coefficient (Wildman–Crippen LogP) is 4.18. The van der Waals surface area contributed by atoms with Crippen LogP contribution in [-0.2, 0) is 10.0 Å². The van der Waals surface area contributed by atoms with E-state index in [9.17, 15) is 35.2 Å². The zero-order chi connectivity index (χ0) is 22.1. The number of anilines is 1. The van der Waals surface area contributed by atoms with Crippen LogP contribution < -0.4 is 4.72 Å². The molecular weight excluding hydrogens is 431 g/mol. The number of benzene rings is 2. The molecule has 0 saturated carbocycles. The van der Waals surface area contributed by atoms with E-state index in [0.717, 1.165) is 11.0 Å². The molecule has 1 saturated heterocycles. The molecule has 0 aromatic heterocycles. The van der Waals surface area contributed by atoms with Gasteiger partial charge >= 0.3 is 6.18 Å². The second-order valence-electron chi connectivity index (χ2n) is 6.89. The number of likely N-dealkylation sites (tertiary alicyclic amines) is 1. The van der Waals surface area contributed by atoms with Crippen LogP contribution in [0, 0.1) is 17.6 Å². The van der Waals surface area contributed by atoms with E-state index in [0.29, 0.717) is 12.1 Å². The van der Waals surface area contributed by atoms with Gasteiger partial charge in [0.05, 0.1) is 10.8 Å². The minimum atomic E-state index is -4.37. The minimum absolute atomic E-state index is 0.0298. The number of sulfonamides is 1. The molecule has 0 radical (unpaired) electrons. The Hall–Kier alpha value is -2.69. The van der Waals surface area contributed by atoms with Crippen LogP contribution in [0.3, 0.4) is 0 Å². The van der Waals surface area contributed by atoms with Crippen molar-refractivity contribution < 1.29 is 35.2 Å². The minimum Gasteiger partial charge on any atom is -0.338 e. The SMILES string of the molecule is O=C(c1ccc(NS(=O)(=O)c2ccc(F)c(F)c2)cc1)N1CCCC(C(F)(F)F)C1. The monoisotopic (exact) mass is 448 g/mol. The largest absolute Gasteiger partial charge is 0.393 e. The van der Waals surface area contributed by atoms with E-state index < -0.39 is 51.1 Å². The van der Waals surface area contributed by atoms with Crippen LogP contribution in [0.5, 0.6) is 0 Å². The van der Waals surface area contributed by atoms with Gasteiger partial charge in [-0.2, -0.15) is 13.2 Å². The third kappa shape index (κ3) is 4.89. The molecule has 1 aliphatic rings. The standard InChI is InChI=1S/C19H17F5N2O3S/c20-16-8-7-15(10-17(16)21)30(28,29)25-14-5-3-12(4-6-14)18(27)26-9-1-2-13(11-26)19(22,23)24/h3-8,10,13,25H,1-2,9,11H2. The Morgan fingerprint density at radius 2 is 1.70 bits per heavy atom. The van der Waals surface area contributed by atoms with Gasteiger partial charge in [-0.3, -0.25) is 9.52 Å². The lowest BCUT2D eigenvalue weighted by Crippen LogP contribution is -2.44. The van der Waals surface area contributed by atoms with Crippen LogP contribution in [0.2, 0.25) is 0 Å².